The molecule has 1 amide bonds. The summed E-state index contributed by atoms with van der Waals surface area (Å²) in [5.74, 6) is -0.566. The van der Waals surface area contributed by atoms with Crippen molar-refractivity contribution in [3.8, 4) is 11.5 Å². The summed E-state index contributed by atoms with van der Waals surface area (Å²) in [6.45, 7) is 8.46. The van der Waals surface area contributed by atoms with Crippen LogP contribution in [0, 0.1) is 5.92 Å². The van der Waals surface area contributed by atoms with Gasteiger partial charge in [-0.2, -0.15) is 0 Å². The number of cyclic esters (lactones) is 2. The van der Waals surface area contributed by atoms with Gasteiger partial charge in [0.05, 0.1) is 32.1 Å². The number of hydrogen-bond donors (Lipinski definition) is 0. The predicted octanol–water partition coefficient (Wildman–Crippen LogP) is 5.89. The van der Waals surface area contributed by atoms with Crippen LogP contribution in [-0.2, 0) is 35.0 Å². The summed E-state index contributed by atoms with van der Waals surface area (Å²) < 4.78 is 46.7. The molecule has 0 saturated carbocycles. The summed E-state index contributed by atoms with van der Waals surface area (Å²) in [7, 11) is 3.12. The van der Waals surface area contributed by atoms with Gasteiger partial charge in [-0.25, -0.2) is 9.59 Å². The molecule has 11 heteroatoms. The summed E-state index contributed by atoms with van der Waals surface area (Å²) in [4.78, 5) is 27.7. The van der Waals surface area contributed by atoms with Crippen molar-refractivity contribution in [2.75, 3.05) is 39.1 Å². The molecule has 2 aromatic carbocycles. The van der Waals surface area contributed by atoms with Gasteiger partial charge in [-0.1, -0.05) is 43.4 Å². The molecule has 11 nitrogen and oxygen atoms in total. The fourth-order valence-electron chi connectivity index (χ4n) is 5.60. The predicted molar refractivity (Wildman–Crippen MR) is 170 cm³/mol. The summed E-state index contributed by atoms with van der Waals surface area (Å²) in [5, 5.41) is 0. The van der Waals surface area contributed by atoms with E-state index in [4.69, 9.17) is 37.9 Å². The Morgan fingerprint density at radius 3 is 2.50 bits per heavy atom. The third-order valence-corrected chi connectivity index (χ3v) is 8.18. The number of anilines is 1. The topological polar surface area (TPSA) is 111 Å². The molecular formula is C35H43NO10. The number of methoxy groups -OCH3 is 2. The van der Waals surface area contributed by atoms with E-state index >= 15 is 0 Å². The SMILES string of the molecule is COCOc1cc(N2CCOC2=O)cc2c1C(=O)O[C@@H](C)[C@H](C)/C=C\[C@@H](OCc1ccc(OC)cc1)[C@H]1OC(C)(C)O[C@H]1CC=C2. The van der Waals surface area contributed by atoms with Crippen LogP contribution in [0.15, 0.2) is 54.6 Å². The van der Waals surface area contributed by atoms with Crippen molar-refractivity contribution in [1.82, 2.24) is 0 Å². The van der Waals surface area contributed by atoms with Gasteiger partial charge in [-0.15, -0.1) is 0 Å². The molecule has 3 heterocycles. The number of benzene rings is 2. The van der Waals surface area contributed by atoms with E-state index < -0.39 is 36.2 Å². The lowest BCUT2D eigenvalue weighted by atomic mass is 9.98. The van der Waals surface area contributed by atoms with Gasteiger partial charge in [-0.05, 0) is 56.5 Å². The molecule has 46 heavy (non-hydrogen) atoms. The second kappa shape index (κ2) is 14.7. The normalized spacial score (nSPS) is 26.8. The first kappa shape index (κ1) is 33.5. The molecular weight excluding hydrogens is 594 g/mol. The van der Waals surface area contributed by atoms with Gasteiger partial charge in [0.1, 0.15) is 42.0 Å². The Kier molecular flexibility index (Phi) is 10.7. The van der Waals surface area contributed by atoms with Crippen LogP contribution in [0.2, 0.25) is 0 Å². The second-order valence-corrected chi connectivity index (χ2v) is 12.0. The molecule has 5 rings (SSSR count). The molecule has 0 bridgehead atoms. The summed E-state index contributed by atoms with van der Waals surface area (Å²) >= 11 is 0. The standard InChI is InChI=1S/C35H43NO10/c1-22-10-15-28(42-20-24-11-13-27(40-6)14-12-24)32-29(45-35(3,4)46-32)9-7-8-25-18-26(36-16-17-41-34(36)38)19-30(43-21-39-5)31(25)33(37)44-23(22)2/h7-8,10-15,18-19,22-23,28-29,32H,9,16-17,20-21H2,1-6H3/b8-7?,15-10-/t22-,23+,28-,29+,32-/m1/s1. The first-order valence-corrected chi connectivity index (χ1v) is 15.5. The fourth-order valence-corrected chi connectivity index (χ4v) is 5.60. The minimum atomic E-state index is -0.840. The van der Waals surface area contributed by atoms with Gasteiger partial charge < -0.3 is 37.9 Å². The Hall–Kier alpha value is -3.90. The lowest BCUT2D eigenvalue weighted by molar-refractivity contribution is -0.156. The van der Waals surface area contributed by atoms with Gasteiger partial charge in [0.2, 0.25) is 0 Å². The van der Waals surface area contributed by atoms with Crippen molar-refractivity contribution in [3.05, 3.63) is 71.3 Å². The molecule has 3 aliphatic heterocycles. The first-order valence-electron chi connectivity index (χ1n) is 15.5. The summed E-state index contributed by atoms with van der Waals surface area (Å²) in [6.07, 6.45) is 5.94. The van der Waals surface area contributed by atoms with E-state index in [1.165, 1.54) is 12.0 Å². The average molecular weight is 638 g/mol. The van der Waals surface area contributed by atoms with Crippen LogP contribution in [-0.4, -0.2) is 76.4 Å². The molecule has 0 N–H and O–H groups in total. The molecule has 0 spiro atoms. The van der Waals surface area contributed by atoms with Crippen LogP contribution < -0.4 is 14.4 Å². The Labute approximate surface area is 269 Å². The lowest BCUT2D eigenvalue weighted by Crippen LogP contribution is -2.36. The van der Waals surface area contributed by atoms with Crippen molar-refractivity contribution in [3.63, 3.8) is 0 Å². The number of amides is 1. The van der Waals surface area contributed by atoms with Crippen LogP contribution in [0.4, 0.5) is 10.5 Å². The van der Waals surface area contributed by atoms with Crippen molar-refractivity contribution < 1.29 is 47.5 Å². The number of esters is 1. The smallest absolute Gasteiger partial charge is 0.414 e. The largest absolute Gasteiger partial charge is 0.497 e. The van der Waals surface area contributed by atoms with E-state index in [1.54, 1.807) is 19.2 Å². The van der Waals surface area contributed by atoms with E-state index in [9.17, 15) is 9.59 Å². The van der Waals surface area contributed by atoms with E-state index in [-0.39, 0.29) is 36.7 Å². The number of fused-ring (bicyclic) bond motifs is 2. The minimum Gasteiger partial charge on any atom is -0.497 e. The highest BCUT2D eigenvalue weighted by atomic mass is 16.8. The zero-order chi connectivity index (χ0) is 32.8. The maximum Gasteiger partial charge on any atom is 0.414 e. The van der Waals surface area contributed by atoms with Crippen LogP contribution >= 0.6 is 0 Å². The van der Waals surface area contributed by atoms with E-state index in [0.29, 0.717) is 30.8 Å². The second-order valence-electron chi connectivity index (χ2n) is 12.0. The van der Waals surface area contributed by atoms with Crippen molar-refractivity contribution in [2.24, 2.45) is 5.92 Å². The molecule has 2 fully saturated rings. The quantitative estimate of drug-likeness (QED) is 0.197. The van der Waals surface area contributed by atoms with E-state index in [0.717, 1.165) is 11.3 Å². The average Bonchev–Trinajstić information content (AvgIpc) is 3.60. The zero-order valence-electron chi connectivity index (χ0n) is 27.2. The third-order valence-electron chi connectivity index (χ3n) is 8.18. The number of nitrogens with zero attached hydrogens (tertiary/aromatic N) is 1. The van der Waals surface area contributed by atoms with Gasteiger partial charge in [0.15, 0.2) is 12.6 Å². The highest BCUT2D eigenvalue weighted by Crippen LogP contribution is 2.36. The molecule has 0 radical (unpaired) electrons. The van der Waals surface area contributed by atoms with Crippen LogP contribution in [0.1, 0.15) is 55.6 Å². The lowest BCUT2D eigenvalue weighted by Gasteiger charge is -2.26. The molecule has 248 valence electrons. The zero-order valence-corrected chi connectivity index (χ0v) is 27.2. The first-order chi connectivity index (χ1) is 22.1. The number of ether oxygens (including phenoxy) is 8. The van der Waals surface area contributed by atoms with E-state index in [2.05, 4.69) is 0 Å². The third kappa shape index (κ3) is 7.90. The van der Waals surface area contributed by atoms with Gasteiger partial charge in [0.25, 0.3) is 0 Å². The van der Waals surface area contributed by atoms with Gasteiger partial charge in [-0.3, -0.25) is 4.90 Å². The summed E-state index contributed by atoms with van der Waals surface area (Å²) in [5.41, 5.74) is 2.26. The highest BCUT2D eigenvalue weighted by molar-refractivity contribution is 5.99. The van der Waals surface area contributed by atoms with Crippen molar-refractivity contribution >= 4 is 23.8 Å². The molecule has 2 aromatic rings. The van der Waals surface area contributed by atoms with Crippen LogP contribution in [0.3, 0.4) is 0 Å². The van der Waals surface area contributed by atoms with Crippen LogP contribution in [0.5, 0.6) is 11.5 Å². The van der Waals surface area contributed by atoms with Gasteiger partial charge in [0, 0.05) is 19.1 Å². The maximum absolute atomic E-state index is 13.8. The Balaban J connectivity index is 1.51. The Morgan fingerprint density at radius 2 is 1.80 bits per heavy atom. The molecule has 3 aliphatic rings. The number of rotatable bonds is 8. The minimum absolute atomic E-state index is 0.103. The highest BCUT2D eigenvalue weighted by Gasteiger charge is 2.44. The van der Waals surface area contributed by atoms with Crippen molar-refractivity contribution in [1.29, 1.82) is 0 Å². The fraction of sp³-hybridized carbons (Fsp3) is 0.486. The Bertz CT molecular complexity index is 1440. The van der Waals surface area contributed by atoms with Crippen molar-refractivity contribution in [2.45, 2.75) is 70.9 Å². The van der Waals surface area contributed by atoms with Crippen LogP contribution in [0.25, 0.3) is 6.08 Å². The number of hydrogen-bond acceptors (Lipinski definition) is 10. The maximum atomic E-state index is 13.8. The molecule has 2 saturated heterocycles. The molecule has 0 aliphatic carbocycles. The Morgan fingerprint density at radius 1 is 1.02 bits per heavy atom. The summed E-state index contributed by atoms with van der Waals surface area (Å²) in [6, 6.07) is 11.1. The number of carbonyl (C=O) groups excluding carboxylic acids is 2. The van der Waals surface area contributed by atoms with E-state index in [1.807, 2.05) is 76.3 Å². The monoisotopic (exact) mass is 637 g/mol. The molecule has 0 aromatic heterocycles. The molecule has 5 atom stereocenters. The molecule has 0 unspecified atom stereocenters. The van der Waals surface area contributed by atoms with Gasteiger partial charge >= 0.3 is 12.1 Å². The number of carbonyl (C=O) groups is 2.